The molecule has 8 heteroatoms. The number of amides is 2. The molecule has 2 aromatic rings. The minimum Gasteiger partial charge on any atom is -0.494 e. The lowest BCUT2D eigenvalue weighted by Crippen LogP contribution is -2.37. The van der Waals surface area contributed by atoms with Gasteiger partial charge in [0.25, 0.3) is 11.8 Å². The number of carbonyl (C=O) groups excluding carboxylic acids is 2. The molecule has 0 aliphatic carbocycles. The molecule has 1 fully saturated rings. The van der Waals surface area contributed by atoms with Crippen molar-refractivity contribution in [2.75, 3.05) is 37.0 Å². The van der Waals surface area contributed by atoms with Crippen molar-refractivity contribution >= 4 is 52.5 Å². The number of ether oxygens (including phenoxy) is 1. The lowest BCUT2D eigenvalue weighted by atomic mass is 10.1. The summed E-state index contributed by atoms with van der Waals surface area (Å²) >= 11 is 14.1. The van der Waals surface area contributed by atoms with Gasteiger partial charge in [0.1, 0.15) is 0 Å². The van der Waals surface area contributed by atoms with Gasteiger partial charge in [0.05, 0.1) is 17.2 Å². The lowest BCUT2D eigenvalue weighted by molar-refractivity contribution is 0.0772. The molecule has 2 amide bonds. The Bertz CT molecular complexity index is 891. The first-order chi connectivity index (χ1) is 13.4. The average molecular weight is 439 g/mol. The molecule has 148 valence electrons. The molecule has 0 spiro atoms. The van der Waals surface area contributed by atoms with Gasteiger partial charge in [-0.05, 0) is 42.8 Å². The zero-order chi connectivity index (χ0) is 20.3. The second-order valence-corrected chi connectivity index (χ2v) is 8.40. The fraction of sp³-hybridized carbons (Fsp3) is 0.300. The van der Waals surface area contributed by atoms with Crippen LogP contribution in [0.2, 0.25) is 10.0 Å². The molecule has 2 aromatic carbocycles. The number of aryl methyl sites for hydroxylation is 1. The van der Waals surface area contributed by atoms with Crippen molar-refractivity contribution in [2.24, 2.45) is 0 Å². The molecule has 0 saturated carbocycles. The van der Waals surface area contributed by atoms with E-state index in [2.05, 4.69) is 5.32 Å². The van der Waals surface area contributed by atoms with Gasteiger partial charge in [-0.1, -0.05) is 23.2 Å². The number of anilines is 1. The van der Waals surface area contributed by atoms with E-state index in [4.69, 9.17) is 27.9 Å². The number of carbonyl (C=O) groups is 2. The maximum atomic E-state index is 12.6. The van der Waals surface area contributed by atoms with E-state index in [1.54, 1.807) is 18.2 Å². The summed E-state index contributed by atoms with van der Waals surface area (Å²) in [5.41, 5.74) is 2.37. The molecule has 0 bridgehead atoms. The van der Waals surface area contributed by atoms with Crippen LogP contribution >= 0.6 is 35.0 Å². The number of hydrogen-bond acceptors (Lipinski definition) is 4. The number of benzene rings is 2. The van der Waals surface area contributed by atoms with Crippen LogP contribution in [-0.2, 0) is 0 Å². The summed E-state index contributed by atoms with van der Waals surface area (Å²) in [5, 5.41) is 3.36. The molecular formula is C20H20Cl2N2O3S. The van der Waals surface area contributed by atoms with Gasteiger partial charge in [-0.25, -0.2) is 0 Å². The smallest absolute Gasteiger partial charge is 0.255 e. The minimum absolute atomic E-state index is 0.0231. The molecule has 0 radical (unpaired) electrons. The largest absolute Gasteiger partial charge is 0.494 e. The highest BCUT2D eigenvalue weighted by atomic mass is 35.5. The number of halogens is 2. The molecule has 0 unspecified atom stereocenters. The Labute approximate surface area is 178 Å². The van der Waals surface area contributed by atoms with Crippen LogP contribution in [0.3, 0.4) is 0 Å². The molecule has 0 atom stereocenters. The molecule has 28 heavy (non-hydrogen) atoms. The van der Waals surface area contributed by atoms with E-state index in [1.165, 1.54) is 19.2 Å². The zero-order valence-corrected chi connectivity index (χ0v) is 17.9. The predicted molar refractivity (Wildman–Crippen MR) is 115 cm³/mol. The van der Waals surface area contributed by atoms with Gasteiger partial charge in [-0.15, -0.1) is 0 Å². The quantitative estimate of drug-likeness (QED) is 0.747. The Kier molecular flexibility index (Phi) is 6.75. The Hall–Kier alpha value is -1.89. The van der Waals surface area contributed by atoms with Crippen molar-refractivity contribution in [2.45, 2.75) is 6.92 Å². The number of hydrogen-bond donors (Lipinski definition) is 1. The molecule has 1 heterocycles. The van der Waals surface area contributed by atoms with Gasteiger partial charge in [-0.2, -0.15) is 11.8 Å². The van der Waals surface area contributed by atoms with E-state index in [0.717, 1.165) is 30.2 Å². The highest BCUT2D eigenvalue weighted by Crippen LogP contribution is 2.34. The van der Waals surface area contributed by atoms with Crippen LogP contribution in [0, 0.1) is 6.92 Å². The predicted octanol–water partition coefficient (Wildman–Crippen LogP) is 4.75. The molecule has 1 N–H and O–H groups in total. The first-order valence-electron chi connectivity index (χ1n) is 8.72. The first kappa shape index (κ1) is 20.8. The maximum Gasteiger partial charge on any atom is 0.255 e. The number of rotatable bonds is 4. The van der Waals surface area contributed by atoms with Crippen LogP contribution in [0.15, 0.2) is 30.3 Å². The van der Waals surface area contributed by atoms with Gasteiger partial charge in [0, 0.05) is 41.4 Å². The summed E-state index contributed by atoms with van der Waals surface area (Å²) in [6, 6.07) is 8.28. The summed E-state index contributed by atoms with van der Waals surface area (Å²) in [5.74, 6) is 1.93. The van der Waals surface area contributed by atoms with E-state index in [9.17, 15) is 9.59 Å². The van der Waals surface area contributed by atoms with Crippen molar-refractivity contribution in [3.8, 4) is 5.75 Å². The van der Waals surface area contributed by atoms with E-state index < -0.39 is 0 Å². The normalized spacial score (nSPS) is 13.9. The molecular weight excluding hydrogens is 419 g/mol. The standard InChI is InChI=1S/C20H20Cl2N2O3S/c1-12-9-13(20(26)24-5-7-28-8-6-24)3-4-17(12)23-19(25)14-10-15(21)18(27-2)16(22)11-14/h3-4,9-11H,5-8H2,1-2H3,(H,23,25). The summed E-state index contributed by atoms with van der Waals surface area (Å²) < 4.78 is 5.10. The van der Waals surface area contributed by atoms with E-state index in [1.807, 2.05) is 23.6 Å². The van der Waals surface area contributed by atoms with Crippen molar-refractivity contribution in [1.29, 1.82) is 0 Å². The first-order valence-corrected chi connectivity index (χ1v) is 10.6. The fourth-order valence-electron chi connectivity index (χ4n) is 2.97. The van der Waals surface area contributed by atoms with Gasteiger partial charge < -0.3 is 15.0 Å². The highest BCUT2D eigenvalue weighted by Gasteiger charge is 2.19. The fourth-order valence-corrected chi connectivity index (χ4v) is 4.51. The SMILES string of the molecule is COc1c(Cl)cc(C(=O)Nc2ccc(C(=O)N3CCSCC3)cc2C)cc1Cl. The summed E-state index contributed by atoms with van der Waals surface area (Å²) in [4.78, 5) is 27.1. The maximum absolute atomic E-state index is 12.6. The van der Waals surface area contributed by atoms with Gasteiger partial charge in [-0.3, -0.25) is 9.59 Å². The van der Waals surface area contributed by atoms with E-state index in [-0.39, 0.29) is 21.9 Å². The third-order valence-corrected chi connectivity index (χ3v) is 5.99. The second kappa shape index (κ2) is 9.07. The van der Waals surface area contributed by atoms with Crippen molar-refractivity contribution < 1.29 is 14.3 Å². The van der Waals surface area contributed by atoms with Gasteiger partial charge >= 0.3 is 0 Å². The Balaban J connectivity index is 1.76. The highest BCUT2D eigenvalue weighted by molar-refractivity contribution is 7.99. The molecule has 0 aromatic heterocycles. The minimum atomic E-state index is -0.346. The molecule has 3 rings (SSSR count). The van der Waals surface area contributed by atoms with Crippen LogP contribution in [0.25, 0.3) is 0 Å². The number of thioether (sulfide) groups is 1. The summed E-state index contributed by atoms with van der Waals surface area (Å²) in [7, 11) is 1.46. The zero-order valence-electron chi connectivity index (χ0n) is 15.6. The summed E-state index contributed by atoms with van der Waals surface area (Å²) in [6.45, 7) is 3.38. The van der Waals surface area contributed by atoms with Gasteiger partial charge in [0.15, 0.2) is 5.75 Å². The Morgan fingerprint density at radius 3 is 2.29 bits per heavy atom. The topological polar surface area (TPSA) is 58.6 Å². The van der Waals surface area contributed by atoms with Crippen molar-refractivity contribution in [1.82, 2.24) is 4.90 Å². The second-order valence-electron chi connectivity index (χ2n) is 6.36. The summed E-state index contributed by atoms with van der Waals surface area (Å²) in [6.07, 6.45) is 0. The third kappa shape index (κ3) is 4.57. The van der Waals surface area contributed by atoms with Crippen molar-refractivity contribution in [3.05, 3.63) is 57.1 Å². The van der Waals surface area contributed by atoms with Crippen molar-refractivity contribution in [3.63, 3.8) is 0 Å². The van der Waals surface area contributed by atoms with Crippen LogP contribution in [0.1, 0.15) is 26.3 Å². The van der Waals surface area contributed by atoms with Crippen LogP contribution in [-0.4, -0.2) is 48.4 Å². The van der Waals surface area contributed by atoms with Gasteiger partial charge in [0.2, 0.25) is 0 Å². The Morgan fingerprint density at radius 2 is 1.71 bits per heavy atom. The number of nitrogens with one attached hydrogen (secondary N) is 1. The molecule has 1 aliphatic heterocycles. The average Bonchev–Trinajstić information content (AvgIpc) is 2.69. The monoisotopic (exact) mass is 438 g/mol. The molecule has 5 nitrogen and oxygen atoms in total. The Morgan fingerprint density at radius 1 is 1.07 bits per heavy atom. The van der Waals surface area contributed by atoms with E-state index in [0.29, 0.717) is 22.6 Å². The number of nitrogens with zero attached hydrogens (tertiary/aromatic N) is 1. The lowest BCUT2D eigenvalue weighted by Gasteiger charge is -2.26. The van der Waals surface area contributed by atoms with Crippen LogP contribution < -0.4 is 10.1 Å². The third-order valence-electron chi connectivity index (χ3n) is 4.48. The molecule has 1 saturated heterocycles. The molecule has 1 aliphatic rings. The van der Waals surface area contributed by atoms with Crippen LogP contribution in [0.5, 0.6) is 5.75 Å². The number of methoxy groups -OCH3 is 1. The van der Waals surface area contributed by atoms with Crippen LogP contribution in [0.4, 0.5) is 5.69 Å². The van der Waals surface area contributed by atoms with E-state index >= 15 is 0 Å².